The Balaban J connectivity index is 1.68. The first-order valence-electron chi connectivity index (χ1n) is 8.90. The fraction of sp³-hybridized carbons (Fsp3) is 0.895. The maximum atomic E-state index is 10.0. The second-order valence-electron chi connectivity index (χ2n) is 8.74. The van der Waals surface area contributed by atoms with Crippen LogP contribution < -0.4 is 0 Å². The maximum Gasteiger partial charge on any atom is 0.0577 e. The van der Waals surface area contributed by atoms with Crippen molar-refractivity contribution in [1.29, 1.82) is 0 Å². The summed E-state index contributed by atoms with van der Waals surface area (Å²) < 4.78 is 0. The van der Waals surface area contributed by atoms with Gasteiger partial charge in [-0.05, 0) is 80.0 Å². The molecule has 1 nitrogen and oxygen atoms in total. The van der Waals surface area contributed by atoms with Crippen molar-refractivity contribution in [3.63, 3.8) is 0 Å². The van der Waals surface area contributed by atoms with E-state index in [9.17, 15) is 5.11 Å². The van der Waals surface area contributed by atoms with Gasteiger partial charge in [-0.15, -0.1) is 0 Å². The Morgan fingerprint density at radius 3 is 2.75 bits per heavy atom. The van der Waals surface area contributed by atoms with Crippen LogP contribution in [-0.4, -0.2) is 11.2 Å². The summed E-state index contributed by atoms with van der Waals surface area (Å²) in [7, 11) is 0. The van der Waals surface area contributed by atoms with Crippen molar-refractivity contribution in [2.45, 2.75) is 77.7 Å². The first-order chi connectivity index (χ1) is 9.53. The Hall–Kier alpha value is -0.300. The number of rotatable bonds is 0. The Labute approximate surface area is 123 Å². The zero-order valence-electron chi connectivity index (χ0n) is 13.2. The minimum absolute atomic E-state index is 0.0637. The molecule has 0 saturated heterocycles. The minimum atomic E-state index is -0.0637. The molecule has 0 bridgehead atoms. The summed E-state index contributed by atoms with van der Waals surface area (Å²) in [6.07, 6.45) is 14.3. The molecule has 1 N–H and O–H groups in total. The molecule has 0 aromatic heterocycles. The van der Waals surface area contributed by atoms with Crippen LogP contribution in [-0.2, 0) is 0 Å². The molecule has 20 heavy (non-hydrogen) atoms. The number of hydrogen-bond donors (Lipinski definition) is 1. The van der Waals surface area contributed by atoms with Crippen LogP contribution in [0.5, 0.6) is 0 Å². The first-order valence-corrected chi connectivity index (χ1v) is 8.90. The lowest BCUT2D eigenvalue weighted by atomic mass is 9.48. The zero-order valence-corrected chi connectivity index (χ0v) is 13.2. The van der Waals surface area contributed by atoms with Gasteiger partial charge in [-0.3, -0.25) is 0 Å². The monoisotopic (exact) mass is 274 g/mol. The Kier molecular flexibility index (Phi) is 2.91. The van der Waals surface area contributed by atoms with E-state index in [0.29, 0.717) is 10.8 Å². The van der Waals surface area contributed by atoms with E-state index in [4.69, 9.17) is 0 Å². The molecule has 112 valence electrons. The van der Waals surface area contributed by atoms with Crippen LogP contribution in [0.3, 0.4) is 0 Å². The van der Waals surface area contributed by atoms with Gasteiger partial charge in [-0.1, -0.05) is 31.9 Å². The number of hydrogen-bond acceptors (Lipinski definition) is 1. The van der Waals surface area contributed by atoms with Crippen molar-refractivity contribution in [3.8, 4) is 0 Å². The molecule has 0 radical (unpaired) electrons. The molecule has 6 atom stereocenters. The van der Waals surface area contributed by atoms with Crippen LogP contribution in [0.25, 0.3) is 0 Å². The molecular formula is C19H30O. The smallest absolute Gasteiger partial charge is 0.0577 e. The highest BCUT2D eigenvalue weighted by Gasteiger charge is 2.55. The molecule has 0 aromatic carbocycles. The summed E-state index contributed by atoms with van der Waals surface area (Å²) in [6.45, 7) is 5.10. The van der Waals surface area contributed by atoms with E-state index < -0.39 is 0 Å². The number of fused-ring (bicyclic) bond motifs is 5. The van der Waals surface area contributed by atoms with Gasteiger partial charge in [0.25, 0.3) is 0 Å². The van der Waals surface area contributed by atoms with E-state index in [1.807, 2.05) is 0 Å². The van der Waals surface area contributed by atoms with E-state index in [-0.39, 0.29) is 6.10 Å². The van der Waals surface area contributed by atoms with Gasteiger partial charge in [-0.25, -0.2) is 0 Å². The lowest BCUT2D eigenvalue weighted by molar-refractivity contribution is -0.0360. The Morgan fingerprint density at radius 2 is 1.90 bits per heavy atom. The Bertz CT molecular complexity index is 439. The normalized spacial score (nSPS) is 54.6. The average Bonchev–Trinajstić information content (AvgIpc) is 2.81. The summed E-state index contributed by atoms with van der Waals surface area (Å²) in [5, 5.41) is 10.0. The molecule has 3 saturated carbocycles. The van der Waals surface area contributed by atoms with Crippen molar-refractivity contribution >= 4 is 0 Å². The van der Waals surface area contributed by atoms with Crippen LogP contribution in [0.1, 0.15) is 71.6 Å². The molecule has 0 amide bonds. The third-order valence-electron chi connectivity index (χ3n) is 7.86. The molecule has 4 aliphatic rings. The van der Waals surface area contributed by atoms with Crippen LogP contribution in [0, 0.1) is 28.6 Å². The number of aliphatic hydroxyl groups is 1. The third-order valence-corrected chi connectivity index (χ3v) is 7.86. The van der Waals surface area contributed by atoms with E-state index in [1.54, 1.807) is 5.57 Å². The number of allylic oxidation sites excluding steroid dienone is 1. The highest BCUT2D eigenvalue weighted by atomic mass is 16.3. The summed E-state index contributed by atoms with van der Waals surface area (Å²) >= 11 is 0. The maximum absolute atomic E-state index is 10.0. The standard InChI is InChI=1S/C19H30O/c1-18-9-3-4-16(18)15-6-5-13-12-14(20)7-11-19(13,2)17(15)8-10-18/h5,14-17,20H,3-4,6-12H2,1-2H3/t14-,15-,16+,17+,18-,19-/m0/s1. The van der Waals surface area contributed by atoms with Crippen molar-refractivity contribution in [1.82, 2.24) is 0 Å². The summed E-state index contributed by atoms with van der Waals surface area (Å²) in [4.78, 5) is 0. The van der Waals surface area contributed by atoms with Crippen LogP contribution in [0.2, 0.25) is 0 Å². The van der Waals surface area contributed by atoms with E-state index in [0.717, 1.165) is 30.6 Å². The minimum Gasteiger partial charge on any atom is -0.393 e. The predicted octanol–water partition coefficient (Wildman–Crippen LogP) is 4.70. The summed E-state index contributed by atoms with van der Waals surface area (Å²) in [6, 6.07) is 0. The molecular weight excluding hydrogens is 244 g/mol. The molecule has 4 rings (SSSR count). The average molecular weight is 274 g/mol. The van der Waals surface area contributed by atoms with Crippen LogP contribution in [0.4, 0.5) is 0 Å². The van der Waals surface area contributed by atoms with Gasteiger partial charge in [0.1, 0.15) is 0 Å². The van der Waals surface area contributed by atoms with Crippen LogP contribution >= 0.6 is 0 Å². The summed E-state index contributed by atoms with van der Waals surface area (Å²) in [5.74, 6) is 2.84. The summed E-state index contributed by atoms with van der Waals surface area (Å²) in [5.41, 5.74) is 2.70. The molecule has 0 heterocycles. The quantitative estimate of drug-likeness (QED) is 0.635. The van der Waals surface area contributed by atoms with Gasteiger partial charge in [0.2, 0.25) is 0 Å². The molecule has 1 heteroatoms. The van der Waals surface area contributed by atoms with Crippen LogP contribution in [0.15, 0.2) is 11.6 Å². The van der Waals surface area contributed by atoms with Gasteiger partial charge in [0, 0.05) is 0 Å². The van der Waals surface area contributed by atoms with Crippen molar-refractivity contribution < 1.29 is 5.11 Å². The molecule has 0 aromatic rings. The highest BCUT2D eigenvalue weighted by Crippen LogP contribution is 2.64. The fourth-order valence-corrected chi connectivity index (χ4v) is 6.63. The predicted molar refractivity (Wildman–Crippen MR) is 82.3 cm³/mol. The Morgan fingerprint density at radius 1 is 1.05 bits per heavy atom. The lowest BCUT2D eigenvalue weighted by Gasteiger charge is -2.57. The van der Waals surface area contributed by atoms with E-state index in [1.165, 1.54) is 44.9 Å². The van der Waals surface area contributed by atoms with Crippen molar-refractivity contribution in [2.24, 2.45) is 28.6 Å². The third kappa shape index (κ3) is 1.71. The molecule has 3 fully saturated rings. The second kappa shape index (κ2) is 4.35. The van der Waals surface area contributed by atoms with Gasteiger partial charge in [-0.2, -0.15) is 0 Å². The highest BCUT2D eigenvalue weighted by molar-refractivity contribution is 5.25. The molecule has 0 spiro atoms. The first kappa shape index (κ1) is 13.4. The van der Waals surface area contributed by atoms with Gasteiger partial charge < -0.3 is 5.11 Å². The lowest BCUT2D eigenvalue weighted by Crippen LogP contribution is -2.49. The van der Waals surface area contributed by atoms with Gasteiger partial charge in [0.15, 0.2) is 0 Å². The fourth-order valence-electron chi connectivity index (χ4n) is 6.63. The molecule has 0 aliphatic heterocycles. The number of aliphatic hydroxyl groups excluding tert-OH is 1. The zero-order chi connectivity index (χ0) is 14.0. The SMILES string of the molecule is C[C@@]12CCC[C@@H]1[C@@H]1CC=C3C[C@@H](O)CC[C@]3(C)[C@@H]1CC2. The second-order valence-corrected chi connectivity index (χ2v) is 8.74. The van der Waals surface area contributed by atoms with Gasteiger partial charge in [0.05, 0.1) is 6.10 Å². The van der Waals surface area contributed by atoms with E-state index >= 15 is 0 Å². The van der Waals surface area contributed by atoms with Crippen molar-refractivity contribution in [3.05, 3.63) is 11.6 Å². The topological polar surface area (TPSA) is 20.2 Å². The largest absolute Gasteiger partial charge is 0.393 e. The van der Waals surface area contributed by atoms with E-state index in [2.05, 4.69) is 19.9 Å². The van der Waals surface area contributed by atoms with Crippen molar-refractivity contribution in [2.75, 3.05) is 0 Å². The van der Waals surface area contributed by atoms with Gasteiger partial charge >= 0.3 is 0 Å². The molecule has 4 aliphatic carbocycles. The molecule has 0 unspecified atom stereocenters.